The molecule has 0 bridgehead atoms. The number of nitrogens with zero attached hydrogens (tertiary/aromatic N) is 1. The van der Waals surface area contributed by atoms with Crippen LogP contribution in [-0.4, -0.2) is 25.8 Å². The molecular formula is C13H20N2O2S. The number of anilines is 1. The Bertz CT molecular complexity index is 491. The highest BCUT2D eigenvalue weighted by molar-refractivity contribution is 7.89. The van der Waals surface area contributed by atoms with Gasteiger partial charge in [-0.3, -0.25) is 0 Å². The Labute approximate surface area is 109 Å². The lowest BCUT2D eigenvalue weighted by atomic mass is 10.1. The zero-order valence-corrected chi connectivity index (χ0v) is 11.3. The van der Waals surface area contributed by atoms with Crippen molar-refractivity contribution in [2.75, 3.05) is 18.8 Å². The number of rotatable bonds is 2. The fourth-order valence-electron chi connectivity index (χ4n) is 2.31. The number of sulfonamides is 1. The van der Waals surface area contributed by atoms with Crippen molar-refractivity contribution in [3.8, 4) is 0 Å². The van der Waals surface area contributed by atoms with Crippen molar-refractivity contribution in [2.24, 2.45) is 0 Å². The Morgan fingerprint density at radius 1 is 0.944 bits per heavy atom. The van der Waals surface area contributed by atoms with Crippen LogP contribution in [0.15, 0.2) is 29.2 Å². The van der Waals surface area contributed by atoms with E-state index in [0.29, 0.717) is 18.8 Å². The van der Waals surface area contributed by atoms with E-state index in [1.807, 2.05) is 0 Å². The molecule has 0 saturated carbocycles. The van der Waals surface area contributed by atoms with Crippen molar-refractivity contribution in [2.45, 2.75) is 37.0 Å². The van der Waals surface area contributed by atoms with Gasteiger partial charge in [0.05, 0.1) is 5.69 Å². The third-order valence-corrected chi connectivity index (χ3v) is 5.32. The van der Waals surface area contributed by atoms with Gasteiger partial charge in [-0.1, -0.05) is 31.4 Å². The van der Waals surface area contributed by atoms with Crippen LogP contribution in [0.2, 0.25) is 0 Å². The maximum Gasteiger partial charge on any atom is 0.245 e. The van der Waals surface area contributed by atoms with Crippen LogP contribution in [0.1, 0.15) is 32.1 Å². The minimum atomic E-state index is -3.42. The van der Waals surface area contributed by atoms with E-state index in [4.69, 9.17) is 5.73 Å². The molecule has 0 amide bonds. The van der Waals surface area contributed by atoms with E-state index in [1.165, 1.54) is 6.42 Å². The van der Waals surface area contributed by atoms with E-state index in [2.05, 4.69) is 0 Å². The van der Waals surface area contributed by atoms with Crippen molar-refractivity contribution in [1.82, 2.24) is 4.31 Å². The number of hydrogen-bond donors (Lipinski definition) is 1. The quantitative estimate of drug-likeness (QED) is 0.837. The van der Waals surface area contributed by atoms with Crippen molar-refractivity contribution in [3.05, 3.63) is 24.3 Å². The number of para-hydroxylation sites is 1. The van der Waals surface area contributed by atoms with Gasteiger partial charge in [0.25, 0.3) is 0 Å². The molecule has 4 nitrogen and oxygen atoms in total. The van der Waals surface area contributed by atoms with Crippen LogP contribution in [0.25, 0.3) is 0 Å². The summed E-state index contributed by atoms with van der Waals surface area (Å²) < 4.78 is 26.6. The SMILES string of the molecule is Nc1ccccc1S(=O)(=O)N1CCCCCCC1. The monoisotopic (exact) mass is 268 g/mol. The van der Waals surface area contributed by atoms with Crippen molar-refractivity contribution >= 4 is 15.7 Å². The molecule has 0 spiro atoms. The number of nitrogen functional groups attached to an aromatic ring is 1. The Morgan fingerprint density at radius 2 is 1.50 bits per heavy atom. The molecule has 0 atom stereocenters. The van der Waals surface area contributed by atoms with Gasteiger partial charge in [-0.2, -0.15) is 4.31 Å². The summed E-state index contributed by atoms with van der Waals surface area (Å²) in [4.78, 5) is 0.241. The van der Waals surface area contributed by atoms with E-state index in [1.54, 1.807) is 28.6 Å². The van der Waals surface area contributed by atoms with E-state index in [-0.39, 0.29) is 4.90 Å². The fraction of sp³-hybridized carbons (Fsp3) is 0.538. The van der Waals surface area contributed by atoms with Gasteiger partial charge >= 0.3 is 0 Å². The summed E-state index contributed by atoms with van der Waals surface area (Å²) in [6.45, 7) is 1.22. The van der Waals surface area contributed by atoms with Gasteiger partial charge in [-0.15, -0.1) is 0 Å². The molecule has 18 heavy (non-hydrogen) atoms. The second kappa shape index (κ2) is 5.71. The average Bonchev–Trinajstić information content (AvgIpc) is 2.28. The molecule has 1 aromatic carbocycles. The third kappa shape index (κ3) is 2.84. The topological polar surface area (TPSA) is 63.4 Å². The Kier molecular flexibility index (Phi) is 4.24. The number of benzene rings is 1. The normalized spacial score (nSPS) is 19.1. The highest BCUT2D eigenvalue weighted by Crippen LogP contribution is 2.24. The first-order chi connectivity index (χ1) is 8.62. The molecule has 1 fully saturated rings. The molecule has 1 heterocycles. The van der Waals surface area contributed by atoms with Crippen LogP contribution in [0.3, 0.4) is 0 Å². The molecule has 2 rings (SSSR count). The van der Waals surface area contributed by atoms with Crippen LogP contribution in [0, 0.1) is 0 Å². The molecule has 1 aliphatic rings. The zero-order chi connectivity index (χ0) is 13.0. The summed E-state index contributed by atoms with van der Waals surface area (Å²) >= 11 is 0. The second-order valence-electron chi connectivity index (χ2n) is 4.71. The van der Waals surface area contributed by atoms with E-state index >= 15 is 0 Å². The van der Waals surface area contributed by atoms with Gasteiger partial charge in [0.1, 0.15) is 4.90 Å². The lowest BCUT2D eigenvalue weighted by Crippen LogP contribution is -2.34. The molecule has 1 aliphatic heterocycles. The molecule has 0 aliphatic carbocycles. The van der Waals surface area contributed by atoms with Gasteiger partial charge in [0, 0.05) is 13.1 Å². The Balaban J connectivity index is 2.26. The Hall–Kier alpha value is -1.07. The third-order valence-electron chi connectivity index (χ3n) is 3.35. The largest absolute Gasteiger partial charge is 0.398 e. The molecule has 2 N–H and O–H groups in total. The van der Waals surface area contributed by atoms with Crippen LogP contribution in [0.4, 0.5) is 5.69 Å². The summed E-state index contributed by atoms with van der Waals surface area (Å²) in [6, 6.07) is 6.69. The van der Waals surface area contributed by atoms with Crippen molar-refractivity contribution in [3.63, 3.8) is 0 Å². The minimum absolute atomic E-state index is 0.241. The van der Waals surface area contributed by atoms with Gasteiger partial charge in [0.2, 0.25) is 10.0 Å². The molecular weight excluding hydrogens is 248 g/mol. The lowest BCUT2D eigenvalue weighted by molar-refractivity contribution is 0.364. The summed E-state index contributed by atoms with van der Waals surface area (Å²) in [7, 11) is -3.42. The molecule has 100 valence electrons. The highest BCUT2D eigenvalue weighted by atomic mass is 32.2. The smallest absolute Gasteiger partial charge is 0.245 e. The van der Waals surface area contributed by atoms with Crippen molar-refractivity contribution < 1.29 is 8.42 Å². The highest BCUT2D eigenvalue weighted by Gasteiger charge is 2.26. The van der Waals surface area contributed by atoms with Gasteiger partial charge in [0.15, 0.2) is 0 Å². The summed E-state index contributed by atoms with van der Waals surface area (Å²) in [6.07, 6.45) is 5.30. The number of nitrogens with two attached hydrogens (primary N) is 1. The maximum atomic E-state index is 12.5. The standard InChI is InChI=1S/C13H20N2O2S/c14-12-8-4-5-9-13(12)18(16,17)15-10-6-2-1-3-7-11-15/h4-5,8-9H,1-3,6-7,10-11,14H2. The molecule has 0 aromatic heterocycles. The predicted molar refractivity (Wildman–Crippen MR) is 72.7 cm³/mol. The maximum absolute atomic E-state index is 12.5. The van der Waals surface area contributed by atoms with Crippen LogP contribution < -0.4 is 5.73 Å². The summed E-state index contributed by atoms with van der Waals surface area (Å²) in [5.74, 6) is 0. The second-order valence-corrected chi connectivity index (χ2v) is 6.62. The first kappa shape index (κ1) is 13.4. The van der Waals surface area contributed by atoms with Gasteiger partial charge in [-0.25, -0.2) is 8.42 Å². The predicted octanol–water partition coefficient (Wildman–Crippen LogP) is 2.22. The summed E-state index contributed by atoms with van der Waals surface area (Å²) in [5.41, 5.74) is 6.11. The van der Waals surface area contributed by atoms with Crippen LogP contribution in [0.5, 0.6) is 0 Å². The number of hydrogen-bond acceptors (Lipinski definition) is 3. The molecule has 1 aromatic rings. The first-order valence-electron chi connectivity index (χ1n) is 6.47. The van der Waals surface area contributed by atoms with Crippen LogP contribution in [-0.2, 0) is 10.0 Å². The zero-order valence-electron chi connectivity index (χ0n) is 10.5. The average molecular weight is 268 g/mol. The molecule has 5 heteroatoms. The first-order valence-corrected chi connectivity index (χ1v) is 7.91. The molecule has 0 unspecified atom stereocenters. The lowest BCUT2D eigenvalue weighted by Gasteiger charge is -2.24. The van der Waals surface area contributed by atoms with E-state index < -0.39 is 10.0 Å². The summed E-state index contributed by atoms with van der Waals surface area (Å²) in [5, 5.41) is 0. The molecule has 0 radical (unpaired) electrons. The van der Waals surface area contributed by atoms with E-state index in [9.17, 15) is 8.42 Å². The van der Waals surface area contributed by atoms with E-state index in [0.717, 1.165) is 25.7 Å². The van der Waals surface area contributed by atoms with Crippen molar-refractivity contribution in [1.29, 1.82) is 0 Å². The van der Waals surface area contributed by atoms with Crippen LogP contribution >= 0.6 is 0 Å². The fourth-order valence-corrected chi connectivity index (χ4v) is 3.95. The van der Waals surface area contributed by atoms with Gasteiger partial charge in [-0.05, 0) is 25.0 Å². The molecule has 1 saturated heterocycles. The minimum Gasteiger partial charge on any atom is -0.398 e. The Morgan fingerprint density at radius 3 is 2.11 bits per heavy atom. The van der Waals surface area contributed by atoms with Gasteiger partial charge < -0.3 is 5.73 Å².